The van der Waals surface area contributed by atoms with Crippen LogP contribution in [0.15, 0.2) is 18.2 Å². The topological polar surface area (TPSA) is 38.5 Å². The second-order valence-corrected chi connectivity index (χ2v) is 6.75. The van der Waals surface area contributed by atoms with Gasteiger partial charge in [-0.15, -0.1) is 0 Å². The van der Waals surface area contributed by atoms with Crippen molar-refractivity contribution in [2.45, 2.75) is 56.7 Å². The minimum atomic E-state index is 0.253. The van der Waals surface area contributed by atoms with Crippen LogP contribution >= 0.6 is 0 Å². The smallest absolute Gasteiger partial charge is 0.0758 e. The van der Waals surface area contributed by atoms with Crippen LogP contribution in [0.5, 0.6) is 0 Å². The molecule has 3 heteroatoms. The third kappa shape index (κ3) is 2.08. The Morgan fingerprint density at radius 2 is 2.10 bits per heavy atom. The highest BCUT2D eigenvalue weighted by atomic mass is 16.5. The zero-order chi connectivity index (χ0) is 13.6. The van der Waals surface area contributed by atoms with E-state index in [4.69, 9.17) is 10.5 Å². The molecule has 0 radical (unpaired) electrons. The summed E-state index contributed by atoms with van der Waals surface area (Å²) in [7, 11) is 0. The largest absolute Gasteiger partial charge is 0.399 e. The lowest BCUT2D eigenvalue weighted by Crippen LogP contribution is -2.33. The second kappa shape index (κ2) is 4.66. The SMILES string of the molecule is Nc1ccc2c(c1)N(CC1CCC3(CCCC3)O1)CC2. The van der Waals surface area contributed by atoms with Gasteiger partial charge in [-0.1, -0.05) is 18.9 Å². The zero-order valence-electron chi connectivity index (χ0n) is 12.1. The van der Waals surface area contributed by atoms with Crippen molar-refractivity contribution in [3.05, 3.63) is 23.8 Å². The maximum Gasteiger partial charge on any atom is 0.0758 e. The van der Waals surface area contributed by atoms with Crippen molar-refractivity contribution in [3.63, 3.8) is 0 Å². The minimum absolute atomic E-state index is 0.253. The summed E-state index contributed by atoms with van der Waals surface area (Å²) < 4.78 is 6.44. The van der Waals surface area contributed by atoms with Crippen LogP contribution in [0.2, 0.25) is 0 Å². The fourth-order valence-electron chi connectivity index (χ4n) is 4.31. The molecule has 108 valence electrons. The highest BCUT2D eigenvalue weighted by Gasteiger charge is 2.42. The van der Waals surface area contributed by atoms with E-state index in [2.05, 4.69) is 17.0 Å². The molecular weight excluding hydrogens is 248 g/mol. The molecule has 1 aromatic rings. The van der Waals surface area contributed by atoms with Gasteiger partial charge in [0.1, 0.15) is 0 Å². The summed E-state index contributed by atoms with van der Waals surface area (Å²) in [4.78, 5) is 2.48. The molecule has 20 heavy (non-hydrogen) atoms. The Labute approximate surface area is 121 Å². The van der Waals surface area contributed by atoms with Gasteiger partial charge in [-0.25, -0.2) is 0 Å². The lowest BCUT2D eigenvalue weighted by atomic mass is 9.98. The maximum absolute atomic E-state index is 6.44. The second-order valence-electron chi connectivity index (χ2n) is 6.75. The van der Waals surface area contributed by atoms with Gasteiger partial charge in [0.15, 0.2) is 0 Å². The summed E-state index contributed by atoms with van der Waals surface area (Å²) in [6.07, 6.45) is 9.35. The van der Waals surface area contributed by atoms with Gasteiger partial charge >= 0.3 is 0 Å². The number of hydrogen-bond acceptors (Lipinski definition) is 3. The molecule has 2 fully saturated rings. The van der Waals surface area contributed by atoms with E-state index in [0.29, 0.717) is 6.10 Å². The number of nitrogens with zero attached hydrogens (tertiary/aromatic N) is 1. The Balaban J connectivity index is 1.45. The van der Waals surface area contributed by atoms with Gasteiger partial charge in [-0.2, -0.15) is 0 Å². The van der Waals surface area contributed by atoms with E-state index in [1.165, 1.54) is 49.8 Å². The third-order valence-electron chi connectivity index (χ3n) is 5.38. The summed E-state index contributed by atoms with van der Waals surface area (Å²) in [6, 6.07) is 6.32. The molecule has 2 aliphatic heterocycles. The number of rotatable bonds is 2. The van der Waals surface area contributed by atoms with Crippen molar-refractivity contribution in [1.82, 2.24) is 0 Å². The molecule has 1 aliphatic carbocycles. The summed E-state index contributed by atoms with van der Waals surface area (Å²) in [6.45, 7) is 2.16. The summed E-state index contributed by atoms with van der Waals surface area (Å²) >= 11 is 0. The maximum atomic E-state index is 6.44. The molecule has 1 aromatic carbocycles. The molecule has 0 aromatic heterocycles. The van der Waals surface area contributed by atoms with Crippen molar-refractivity contribution < 1.29 is 4.74 Å². The summed E-state index contributed by atoms with van der Waals surface area (Å²) in [5.41, 5.74) is 9.83. The molecule has 1 atom stereocenters. The molecule has 1 saturated heterocycles. The normalized spacial score (nSPS) is 27.4. The molecule has 3 nitrogen and oxygen atoms in total. The number of fused-ring (bicyclic) bond motifs is 1. The average molecular weight is 272 g/mol. The first-order valence-electron chi connectivity index (χ1n) is 8.05. The van der Waals surface area contributed by atoms with E-state index >= 15 is 0 Å². The molecular formula is C17H24N2O. The molecule has 2 heterocycles. The molecule has 0 amide bonds. The van der Waals surface area contributed by atoms with Gasteiger partial charge in [-0.3, -0.25) is 0 Å². The van der Waals surface area contributed by atoms with Gasteiger partial charge in [0.05, 0.1) is 11.7 Å². The van der Waals surface area contributed by atoms with Crippen LogP contribution in [-0.2, 0) is 11.2 Å². The minimum Gasteiger partial charge on any atom is -0.399 e. The van der Waals surface area contributed by atoms with E-state index in [-0.39, 0.29) is 5.60 Å². The predicted octanol–water partition coefficient (Wildman–Crippen LogP) is 3.12. The van der Waals surface area contributed by atoms with Gasteiger partial charge in [0.2, 0.25) is 0 Å². The monoisotopic (exact) mass is 272 g/mol. The molecule has 3 aliphatic rings. The van der Waals surface area contributed by atoms with E-state index in [1.807, 2.05) is 6.07 Å². The van der Waals surface area contributed by atoms with E-state index in [9.17, 15) is 0 Å². The van der Waals surface area contributed by atoms with Gasteiger partial charge in [0, 0.05) is 24.5 Å². The number of nitrogen functional groups attached to an aromatic ring is 1. The lowest BCUT2D eigenvalue weighted by Gasteiger charge is -2.27. The van der Waals surface area contributed by atoms with Crippen LogP contribution in [-0.4, -0.2) is 24.8 Å². The first kappa shape index (κ1) is 12.5. The number of nitrogens with two attached hydrogens (primary N) is 1. The first-order chi connectivity index (χ1) is 9.74. The van der Waals surface area contributed by atoms with Crippen molar-refractivity contribution in [2.75, 3.05) is 23.7 Å². The van der Waals surface area contributed by atoms with Gasteiger partial charge in [0.25, 0.3) is 0 Å². The molecule has 1 spiro atoms. The Hall–Kier alpha value is -1.22. The van der Waals surface area contributed by atoms with Crippen molar-refractivity contribution >= 4 is 11.4 Å². The van der Waals surface area contributed by atoms with E-state index in [1.54, 1.807) is 0 Å². The highest BCUT2D eigenvalue weighted by molar-refractivity contribution is 5.64. The van der Waals surface area contributed by atoms with Crippen molar-refractivity contribution in [1.29, 1.82) is 0 Å². The number of hydrogen-bond donors (Lipinski definition) is 1. The Bertz CT molecular complexity index is 508. The Morgan fingerprint density at radius 1 is 1.25 bits per heavy atom. The number of anilines is 2. The van der Waals surface area contributed by atoms with Gasteiger partial charge in [-0.05, 0) is 49.8 Å². The molecule has 1 saturated carbocycles. The quantitative estimate of drug-likeness (QED) is 0.841. The van der Waals surface area contributed by atoms with Crippen LogP contribution in [0.1, 0.15) is 44.1 Å². The number of ether oxygens (including phenoxy) is 1. The van der Waals surface area contributed by atoms with Crippen LogP contribution in [0.3, 0.4) is 0 Å². The highest BCUT2D eigenvalue weighted by Crippen LogP contribution is 2.44. The van der Waals surface area contributed by atoms with Crippen LogP contribution < -0.4 is 10.6 Å². The summed E-state index contributed by atoms with van der Waals surface area (Å²) in [5, 5.41) is 0. The van der Waals surface area contributed by atoms with Crippen LogP contribution in [0.25, 0.3) is 0 Å². The standard InChI is InChI=1S/C17H24N2O/c18-14-4-3-13-6-10-19(16(13)11-14)12-15-5-9-17(20-15)7-1-2-8-17/h3-4,11,15H,1-2,5-10,12,18H2. The van der Waals surface area contributed by atoms with Crippen molar-refractivity contribution in [2.24, 2.45) is 0 Å². The van der Waals surface area contributed by atoms with E-state index in [0.717, 1.165) is 25.2 Å². The summed E-state index contributed by atoms with van der Waals surface area (Å²) in [5.74, 6) is 0. The fourth-order valence-corrected chi connectivity index (χ4v) is 4.31. The fraction of sp³-hybridized carbons (Fsp3) is 0.647. The Morgan fingerprint density at radius 3 is 2.95 bits per heavy atom. The lowest BCUT2D eigenvalue weighted by molar-refractivity contribution is -0.0326. The van der Waals surface area contributed by atoms with Crippen LogP contribution in [0, 0.1) is 0 Å². The zero-order valence-corrected chi connectivity index (χ0v) is 12.1. The average Bonchev–Trinajstić information content (AvgIpc) is 3.14. The molecule has 4 rings (SSSR count). The first-order valence-corrected chi connectivity index (χ1v) is 8.05. The van der Waals surface area contributed by atoms with E-state index < -0.39 is 0 Å². The Kier molecular flexibility index (Phi) is 2.92. The number of benzene rings is 1. The van der Waals surface area contributed by atoms with Crippen molar-refractivity contribution in [3.8, 4) is 0 Å². The van der Waals surface area contributed by atoms with Gasteiger partial charge < -0.3 is 15.4 Å². The molecule has 1 unspecified atom stereocenters. The van der Waals surface area contributed by atoms with Crippen LogP contribution in [0.4, 0.5) is 11.4 Å². The predicted molar refractivity (Wildman–Crippen MR) is 82.1 cm³/mol. The third-order valence-corrected chi connectivity index (χ3v) is 5.38. The molecule has 0 bridgehead atoms. The molecule has 2 N–H and O–H groups in total.